The molecule has 0 amide bonds. The number of fused-ring (bicyclic) bond motifs is 13. The summed E-state index contributed by atoms with van der Waals surface area (Å²) in [6.07, 6.45) is 0. The molecular weight excluding hydrogens is 530 g/mol. The van der Waals surface area contributed by atoms with Crippen molar-refractivity contribution >= 4 is 78.8 Å². The summed E-state index contributed by atoms with van der Waals surface area (Å²) in [6, 6.07) is 45.0. The Morgan fingerprint density at radius 3 is 1.23 bits per heavy atom. The molecule has 0 N–H and O–H groups in total. The van der Waals surface area contributed by atoms with Crippen molar-refractivity contribution in [3.8, 4) is 44.8 Å². The lowest BCUT2D eigenvalue weighted by Gasteiger charge is -2.28. The van der Waals surface area contributed by atoms with Gasteiger partial charge in [0.1, 0.15) is 0 Å². The summed E-state index contributed by atoms with van der Waals surface area (Å²) in [5.41, 5.74) is 20.0. The van der Waals surface area contributed by atoms with Crippen LogP contribution in [0.5, 0.6) is 0 Å². The molecule has 196 valence electrons. The van der Waals surface area contributed by atoms with E-state index >= 15 is 0 Å². The molecule has 0 atom stereocenters. The van der Waals surface area contributed by atoms with Gasteiger partial charge in [0.15, 0.2) is 0 Å². The predicted molar refractivity (Wildman–Crippen MR) is 186 cm³/mol. The van der Waals surface area contributed by atoms with Gasteiger partial charge in [-0.25, -0.2) is 9.97 Å². The highest BCUT2D eigenvalue weighted by Gasteiger charge is 2.45. The largest absolute Gasteiger partial charge is 0.246 e. The van der Waals surface area contributed by atoms with Crippen molar-refractivity contribution in [2.75, 3.05) is 0 Å². The average Bonchev–Trinajstić information content (AvgIpc) is 3.58. The maximum atomic E-state index is 5.70. The van der Waals surface area contributed by atoms with Crippen molar-refractivity contribution in [2.45, 2.75) is 0 Å². The second kappa shape index (κ2) is 7.35. The van der Waals surface area contributed by atoms with Gasteiger partial charge in [0.25, 0.3) is 0 Å². The minimum absolute atomic E-state index is 0.155. The standard InChI is InChI=1S/C40H20B2N2/c1-3-17-27-23(13-1)37-35-33(25-15-5-9-21-11-7-19-29(31(21)25)41(27)35)40-39(43-37)34-26-16-6-10-22-12-8-20-30(32(22)26)42-28-18-4-2-14-24(28)38(44-40)36(34)42/h1-20H. The van der Waals surface area contributed by atoms with Crippen LogP contribution in [0.2, 0.25) is 0 Å². The molecular formula is C40H20B2N2. The summed E-state index contributed by atoms with van der Waals surface area (Å²) in [4.78, 5) is 11.4. The van der Waals surface area contributed by atoms with E-state index in [0.717, 1.165) is 22.4 Å². The van der Waals surface area contributed by atoms with E-state index in [0.29, 0.717) is 0 Å². The van der Waals surface area contributed by atoms with E-state index in [1.54, 1.807) is 0 Å². The molecule has 0 unspecified atom stereocenters. The van der Waals surface area contributed by atoms with Crippen LogP contribution in [0.4, 0.5) is 0 Å². The molecule has 12 rings (SSSR count). The number of hydrogen-bond donors (Lipinski definition) is 0. The van der Waals surface area contributed by atoms with Gasteiger partial charge in [-0.2, -0.15) is 0 Å². The van der Waals surface area contributed by atoms with Gasteiger partial charge in [-0.1, -0.05) is 143 Å². The van der Waals surface area contributed by atoms with E-state index in [1.807, 2.05) is 0 Å². The number of hydrogen-bond acceptors (Lipinski definition) is 2. The van der Waals surface area contributed by atoms with Gasteiger partial charge in [0.05, 0.1) is 22.4 Å². The Balaban J connectivity index is 1.36. The van der Waals surface area contributed by atoms with Crippen molar-refractivity contribution in [3.05, 3.63) is 121 Å². The Kier molecular flexibility index (Phi) is 3.70. The fraction of sp³-hybridized carbons (Fsp3) is 0. The average molecular weight is 550 g/mol. The third kappa shape index (κ3) is 2.34. The minimum Gasteiger partial charge on any atom is -0.246 e. The van der Waals surface area contributed by atoms with Crippen molar-refractivity contribution in [1.29, 1.82) is 0 Å². The van der Waals surface area contributed by atoms with Gasteiger partial charge in [-0.15, -0.1) is 0 Å². The third-order valence-corrected chi connectivity index (χ3v) is 10.9. The van der Waals surface area contributed by atoms with Gasteiger partial charge in [-0.3, -0.25) is 0 Å². The highest BCUT2D eigenvalue weighted by Crippen LogP contribution is 2.44. The smallest absolute Gasteiger partial charge is 0.246 e. The van der Waals surface area contributed by atoms with E-state index in [1.165, 1.54) is 87.7 Å². The molecule has 4 aliphatic heterocycles. The zero-order valence-corrected chi connectivity index (χ0v) is 23.6. The molecule has 8 aromatic rings. The summed E-state index contributed by atoms with van der Waals surface area (Å²) in [7, 11) is 0. The first-order valence-corrected chi connectivity index (χ1v) is 15.5. The zero-order valence-electron chi connectivity index (χ0n) is 23.6. The summed E-state index contributed by atoms with van der Waals surface area (Å²) in [5.74, 6) is 0. The Bertz CT molecular complexity index is 2500. The summed E-state index contributed by atoms with van der Waals surface area (Å²) in [6.45, 7) is 0.310. The first kappa shape index (κ1) is 22.1. The van der Waals surface area contributed by atoms with Gasteiger partial charge in [0.2, 0.25) is 13.4 Å². The molecule has 0 aliphatic carbocycles. The molecule has 0 saturated heterocycles. The number of nitrogens with zero attached hydrogens (tertiary/aromatic N) is 2. The quantitative estimate of drug-likeness (QED) is 0.252. The number of aromatic nitrogens is 2. The van der Waals surface area contributed by atoms with Crippen molar-refractivity contribution in [3.63, 3.8) is 0 Å². The van der Waals surface area contributed by atoms with E-state index in [-0.39, 0.29) is 13.4 Å². The second-order valence-electron chi connectivity index (χ2n) is 12.7. The number of pyridine rings is 2. The highest BCUT2D eigenvalue weighted by molar-refractivity contribution is 7.03. The van der Waals surface area contributed by atoms with Gasteiger partial charge < -0.3 is 0 Å². The maximum absolute atomic E-state index is 5.70. The topological polar surface area (TPSA) is 25.8 Å². The Hall–Kier alpha value is -5.47. The van der Waals surface area contributed by atoms with Gasteiger partial charge >= 0.3 is 0 Å². The van der Waals surface area contributed by atoms with Crippen LogP contribution in [0.25, 0.3) is 77.3 Å². The Labute approximate surface area is 254 Å². The molecule has 6 aromatic carbocycles. The Morgan fingerprint density at radius 1 is 0.364 bits per heavy atom. The summed E-state index contributed by atoms with van der Waals surface area (Å²) < 4.78 is 0. The predicted octanol–water partition coefficient (Wildman–Crippen LogP) is 4.89. The molecule has 4 heteroatoms. The van der Waals surface area contributed by atoms with Crippen molar-refractivity contribution in [2.24, 2.45) is 0 Å². The molecule has 4 aliphatic rings. The van der Waals surface area contributed by atoms with E-state index in [9.17, 15) is 0 Å². The fourth-order valence-corrected chi connectivity index (χ4v) is 9.33. The molecule has 0 spiro atoms. The van der Waals surface area contributed by atoms with Gasteiger partial charge in [-0.05, 0) is 54.7 Å². The molecule has 0 fully saturated rings. The van der Waals surface area contributed by atoms with Crippen LogP contribution >= 0.6 is 0 Å². The van der Waals surface area contributed by atoms with Crippen LogP contribution in [0.3, 0.4) is 0 Å². The second-order valence-corrected chi connectivity index (χ2v) is 12.7. The zero-order chi connectivity index (χ0) is 28.3. The van der Waals surface area contributed by atoms with Crippen LogP contribution < -0.4 is 32.8 Å². The molecule has 6 heterocycles. The highest BCUT2D eigenvalue weighted by atomic mass is 14.8. The van der Waals surface area contributed by atoms with E-state index in [2.05, 4.69) is 121 Å². The Morgan fingerprint density at radius 2 is 0.750 bits per heavy atom. The van der Waals surface area contributed by atoms with Crippen molar-refractivity contribution < 1.29 is 0 Å². The lowest BCUT2D eigenvalue weighted by atomic mass is 9.35. The van der Waals surface area contributed by atoms with Crippen molar-refractivity contribution in [1.82, 2.24) is 9.97 Å². The molecule has 0 radical (unpaired) electrons. The first-order valence-electron chi connectivity index (χ1n) is 15.5. The van der Waals surface area contributed by atoms with Crippen LogP contribution in [0.1, 0.15) is 0 Å². The number of benzene rings is 6. The van der Waals surface area contributed by atoms with E-state index < -0.39 is 0 Å². The lowest BCUT2D eigenvalue weighted by molar-refractivity contribution is 1.37. The monoisotopic (exact) mass is 550 g/mol. The van der Waals surface area contributed by atoms with E-state index in [4.69, 9.17) is 9.97 Å². The molecule has 44 heavy (non-hydrogen) atoms. The molecule has 2 aromatic heterocycles. The first-order chi connectivity index (χ1) is 21.9. The van der Waals surface area contributed by atoms with Crippen LogP contribution in [-0.2, 0) is 0 Å². The SMILES string of the molecule is c1ccc2c(c1)B1c3c-2nc2c4c5c(nc2c3-c2cccc3cccc1c23)-c1ccccc1B5c1cccc2cccc-4c12. The molecule has 0 saturated carbocycles. The van der Waals surface area contributed by atoms with Crippen LogP contribution in [0, 0.1) is 0 Å². The normalized spacial score (nSPS) is 13.8. The van der Waals surface area contributed by atoms with Gasteiger partial charge in [0, 0.05) is 11.1 Å². The summed E-state index contributed by atoms with van der Waals surface area (Å²) in [5, 5.41) is 5.27. The number of rotatable bonds is 0. The maximum Gasteiger partial charge on any atom is 0.246 e. The van der Waals surface area contributed by atoms with Crippen LogP contribution in [0.15, 0.2) is 121 Å². The minimum atomic E-state index is 0.155. The summed E-state index contributed by atoms with van der Waals surface area (Å²) >= 11 is 0. The third-order valence-electron chi connectivity index (χ3n) is 10.9. The van der Waals surface area contributed by atoms with Crippen LogP contribution in [-0.4, -0.2) is 23.4 Å². The fourth-order valence-electron chi connectivity index (χ4n) is 9.33. The lowest BCUT2D eigenvalue weighted by Crippen LogP contribution is -2.52. The molecule has 2 nitrogen and oxygen atoms in total. The molecule has 0 bridgehead atoms.